The van der Waals surface area contributed by atoms with E-state index in [9.17, 15) is 9.90 Å². The van der Waals surface area contributed by atoms with E-state index in [1.807, 2.05) is 39.0 Å². The largest absolute Gasteiger partial charge is 0.497 e. The Morgan fingerprint density at radius 1 is 1.09 bits per heavy atom. The standard InChI is InChI=1S/C19H23NO3/c1-19(2,3)20-18(22)14-10-8-13(9-11-14)17(21)15-6-5-7-16(12-15)23-4/h5-12,17,21H,1-4H3,(H,20,22). The number of hydrogen-bond acceptors (Lipinski definition) is 3. The molecule has 2 aromatic carbocycles. The molecule has 0 aliphatic heterocycles. The molecule has 4 heteroatoms. The first-order valence-electron chi connectivity index (χ1n) is 7.54. The molecule has 2 aromatic rings. The molecule has 0 aromatic heterocycles. The number of amides is 1. The molecule has 1 unspecified atom stereocenters. The number of rotatable bonds is 4. The van der Waals surface area contributed by atoms with Gasteiger partial charge in [-0.15, -0.1) is 0 Å². The van der Waals surface area contributed by atoms with Gasteiger partial charge in [0.2, 0.25) is 0 Å². The maximum Gasteiger partial charge on any atom is 0.251 e. The van der Waals surface area contributed by atoms with Gasteiger partial charge in [0.15, 0.2) is 0 Å². The van der Waals surface area contributed by atoms with Gasteiger partial charge in [0.1, 0.15) is 11.9 Å². The van der Waals surface area contributed by atoms with Gasteiger partial charge in [0.05, 0.1) is 7.11 Å². The molecule has 0 bridgehead atoms. The third-order valence-corrected chi connectivity index (χ3v) is 3.39. The quantitative estimate of drug-likeness (QED) is 0.910. The Hall–Kier alpha value is -2.33. The average molecular weight is 313 g/mol. The van der Waals surface area contributed by atoms with Gasteiger partial charge in [-0.25, -0.2) is 0 Å². The van der Waals surface area contributed by atoms with Crippen molar-refractivity contribution in [3.8, 4) is 5.75 Å². The first-order chi connectivity index (χ1) is 10.8. The highest BCUT2D eigenvalue weighted by Crippen LogP contribution is 2.25. The van der Waals surface area contributed by atoms with Crippen molar-refractivity contribution in [1.29, 1.82) is 0 Å². The molecule has 1 amide bonds. The third kappa shape index (κ3) is 4.57. The van der Waals surface area contributed by atoms with Crippen molar-refractivity contribution < 1.29 is 14.6 Å². The van der Waals surface area contributed by atoms with Crippen LogP contribution < -0.4 is 10.1 Å². The van der Waals surface area contributed by atoms with Crippen LogP contribution in [0.25, 0.3) is 0 Å². The summed E-state index contributed by atoms with van der Waals surface area (Å²) in [5.74, 6) is 0.572. The minimum absolute atomic E-state index is 0.125. The summed E-state index contributed by atoms with van der Waals surface area (Å²) in [6.07, 6.45) is -0.759. The highest BCUT2D eigenvalue weighted by Gasteiger charge is 2.16. The van der Waals surface area contributed by atoms with E-state index in [1.165, 1.54) is 0 Å². The summed E-state index contributed by atoms with van der Waals surface area (Å²) in [5, 5.41) is 13.4. The number of methoxy groups -OCH3 is 1. The molecule has 0 saturated carbocycles. The van der Waals surface area contributed by atoms with E-state index in [0.717, 1.165) is 11.1 Å². The highest BCUT2D eigenvalue weighted by atomic mass is 16.5. The Morgan fingerprint density at radius 2 is 1.74 bits per heavy atom. The summed E-state index contributed by atoms with van der Waals surface area (Å²) in [4.78, 5) is 12.1. The molecule has 4 nitrogen and oxygen atoms in total. The zero-order chi connectivity index (χ0) is 17.0. The second kappa shape index (κ2) is 6.84. The van der Waals surface area contributed by atoms with E-state index in [-0.39, 0.29) is 11.4 Å². The monoisotopic (exact) mass is 313 g/mol. The zero-order valence-corrected chi connectivity index (χ0v) is 14.0. The van der Waals surface area contributed by atoms with E-state index in [4.69, 9.17) is 4.74 Å². The van der Waals surface area contributed by atoms with Gasteiger partial charge >= 0.3 is 0 Å². The summed E-state index contributed by atoms with van der Waals surface area (Å²) in [6, 6.07) is 14.3. The van der Waals surface area contributed by atoms with Crippen LogP contribution >= 0.6 is 0 Å². The van der Waals surface area contributed by atoms with Crippen LogP contribution in [0.1, 0.15) is 48.4 Å². The second-order valence-corrected chi connectivity index (χ2v) is 6.51. The smallest absolute Gasteiger partial charge is 0.251 e. The Morgan fingerprint density at radius 3 is 2.30 bits per heavy atom. The lowest BCUT2D eigenvalue weighted by atomic mass is 9.99. The zero-order valence-electron chi connectivity index (χ0n) is 14.0. The van der Waals surface area contributed by atoms with Crippen LogP contribution in [0.4, 0.5) is 0 Å². The molecule has 0 saturated heterocycles. The summed E-state index contributed by atoms with van der Waals surface area (Å²) < 4.78 is 5.17. The molecule has 0 aliphatic rings. The van der Waals surface area contributed by atoms with Crippen molar-refractivity contribution in [2.45, 2.75) is 32.4 Å². The molecule has 122 valence electrons. The van der Waals surface area contributed by atoms with Gasteiger partial charge in [-0.3, -0.25) is 4.79 Å². The molecule has 2 N–H and O–H groups in total. The number of carbonyl (C=O) groups is 1. The summed E-state index contributed by atoms with van der Waals surface area (Å²) in [5.41, 5.74) is 1.76. The number of carbonyl (C=O) groups excluding carboxylic acids is 1. The Labute approximate surface area is 137 Å². The van der Waals surface area contributed by atoms with Crippen LogP contribution in [-0.2, 0) is 0 Å². The lowest BCUT2D eigenvalue weighted by Crippen LogP contribution is -2.40. The van der Waals surface area contributed by atoms with E-state index >= 15 is 0 Å². The molecule has 0 radical (unpaired) electrons. The van der Waals surface area contributed by atoms with E-state index in [1.54, 1.807) is 37.4 Å². The fourth-order valence-electron chi connectivity index (χ4n) is 2.23. The maximum atomic E-state index is 12.1. The molecule has 0 fully saturated rings. The normalized spacial score (nSPS) is 12.6. The lowest BCUT2D eigenvalue weighted by Gasteiger charge is -2.20. The number of benzene rings is 2. The van der Waals surface area contributed by atoms with Crippen LogP contribution in [0.15, 0.2) is 48.5 Å². The lowest BCUT2D eigenvalue weighted by molar-refractivity contribution is 0.0919. The number of aliphatic hydroxyl groups is 1. The SMILES string of the molecule is COc1cccc(C(O)c2ccc(C(=O)NC(C)(C)C)cc2)c1. The van der Waals surface area contributed by atoms with Crippen molar-refractivity contribution >= 4 is 5.91 Å². The van der Waals surface area contributed by atoms with Crippen molar-refractivity contribution in [3.05, 3.63) is 65.2 Å². The summed E-state index contributed by atoms with van der Waals surface area (Å²) in [7, 11) is 1.59. The topological polar surface area (TPSA) is 58.6 Å². The fourth-order valence-corrected chi connectivity index (χ4v) is 2.23. The first-order valence-corrected chi connectivity index (χ1v) is 7.54. The van der Waals surface area contributed by atoms with Crippen LogP contribution in [0.2, 0.25) is 0 Å². The Kier molecular flexibility index (Phi) is 5.06. The summed E-state index contributed by atoms with van der Waals surface area (Å²) in [6.45, 7) is 5.81. The van der Waals surface area contributed by atoms with E-state index in [2.05, 4.69) is 5.32 Å². The third-order valence-electron chi connectivity index (χ3n) is 3.39. The molecule has 23 heavy (non-hydrogen) atoms. The predicted molar refractivity (Wildman–Crippen MR) is 90.7 cm³/mol. The van der Waals surface area contributed by atoms with Gasteiger partial charge in [-0.2, -0.15) is 0 Å². The Bertz CT molecular complexity index is 672. The number of aliphatic hydroxyl groups excluding tert-OH is 1. The van der Waals surface area contributed by atoms with Crippen LogP contribution in [0, 0.1) is 0 Å². The molecular weight excluding hydrogens is 290 g/mol. The Balaban J connectivity index is 2.17. The van der Waals surface area contributed by atoms with Crippen molar-refractivity contribution in [2.75, 3.05) is 7.11 Å². The summed E-state index contributed by atoms with van der Waals surface area (Å²) >= 11 is 0. The van der Waals surface area contributed by atoms with Crippen LogP contribution in [0.3, 0.4) is 0 Å². The van der Waals surface area contributed by atoms with Crippen LogP contribution in [0.5, 0.6) is 5.75 Å². The number of nitrogens with one attached hydrogen (secondary N) is 1. The molecule has 0 spiro atoms. The fraction of sp³-hybridized carbons (Fsp3) is 0.316. The predicted octanol–water partition coefficient (Wildman–Crippen LogP) is 3.31. The van der Waals surface area contributed by atoms with Gasteiger partial charge in [0.25, 0.3) is 5.91 Å². The van der Waals surface area contributed by atoms with Gasteiger partial charge in [-0.05, 0) is 56.2 Å². The number of ether oxygens (including phenoxy) is 1. The second-order valence-electron chi connectivity index (χ2n) is 6.51. The number of hydrogen-bond donors (Lipinski definition) is 2. The minimum atomic E-state index is -0.759. The van der Waals surface area contributed by atoms with E-state index in [0.29, 0.717) is 11.3 Å². The van der Waals surface area contributed by atoms with Gasteiger partial charge < -0.3 is 15.2 Å². The van der Waals surface area contributed by atoms with Crippen LogP contribution in [-0.4, -0.2) is 23.7 Å². The van der Waals surface area contributed by atoms with Gasteiger partial charge in [-0.1, -0.05) is 24.3 Å². The molecule has 0 heterocycles. The molecule has 0 aliphatic carbocycles. The minimum Gasteiger partial charge on any atom is -0.497 e. The highest BCUT2D eigenvalue weighted by molar-refractivity contribution is 5.94. The maximum absolute atomic E-state index is 12.1. The molecular formula is C19H23NO3. The van der Waals surface area contributed by atoms with Crippen molar-refractivity contribution in [1.82, 2.24) is 5.32 Å². The van der Waals surface area contributed by atoms with Crippen molar-refractivity contribution in [3.63, 3.8) is 0 Å². The van der Waals surface area contributed by atoms with E-state index < -0.39 is 6.10 Å². The average Bonchev–Trinajstić information content (AvgIpc) is 2.53. The van der Waals surface area contributed by atoms with Gasteiger partial charge in [0, 0.05) is 11.1 Å². The van der Waals surface area contributed by atoms with Crippen molar-refractivity contribution in [2.24, 2.45) is 0 Å². The molecule has 2 rings (SSSR count). The molecule has 1 atom stereocenters. The first kappa shape index (κ1) is 17.0.